The maximum absolute atomic E-state index is 12.4. The molecule has 1 unspecified atom stereocenters. The molecule has 0 aliphatic rings. The molecule has 0 heterocycles. The number of esters is 1. The molecule has 0 aromatic heterocycles. The van der Waals surface area contributed by atoms with Gasteiger partial charge in [0.2, 0.25) is 10.0 Å². The fraction of sp³-hybridized carbons (Fsp3) is 0.500. The van der Waals surface area contributed by atoms with Crippen LogP contribution in [-0.2, 0) is 19.6 Å². The molecule has 25 heavy (non-hydrogen) atoms. The smallest absolute Gasteiger partial charge is 0.328 e. The second-order valence-corrected chi connectivity index (χ2v) is 8.64. The number of benzene rings is 1. The highest BCUT2D eigenvalue weighted by molar-refractivity contribution is 7.89. The van der Waals surface area contributed by atoms with Gasteiger partial charge >= 0.3 is 5.97 Å². The Hall–Kier alpha value is -1.64. The van der Waals surface area contributed by atoms with E-state index in [-0.39, 0.29) is 21.4 Å². The van der Waals surface area contributed by atoms with Crippen LogP contribution in [0.2, 0.25) is 5.02 Å². The van der Waals surface area contributed by atoms with E-state index in [0.29, 0.717) is 6.42 Å². The molecule has 1 aromatic rings. The molecule has 1 N–H and O–H groups in total. The van der Waals surface area contributed by atoms with Crippen molar-refractivity contribution in [2.45, 2.75) is 31.2 Å². The first-order valence-corrected chi connectivity index (χ1v) is 9.43. The van der Waals surface area contributed by atoms with Crippen LogP contribution in [-0.4, -0.2) is 51.8 Å². The summed E-state index contributed by atoms with van der Waals surface area (Å²) in [4.78, 5) is 24.1. The monoisotopic (exact) mass is 390 g/mol. The Bertz CT molecular complexity index is 747. The van der Waals surface area contributed by atoms with E-state index in [1.165, 1.54) is 39.4 Å². The summed E-state index contributed by atoms with van der Waals surface area (Å²) in [6.45, 7) is 3.82. The third-order valence-electron chi connectivity index (χ3n) is 3.45. The molecule has 9 heteroatoms. The predicted octanol–water partition coefficient (Wildman–Crippen LogP) is 1.91. The fourth-order valence-electron chi connectivity index (χ4n) is 2.11. The van der Waals surface area contributed by atoms with E-state index in [4.69, 9.17) is 16.3 Å². The molecule has 1 atom stereocenters. The summed E-state index contributed by atoms with van der Waals surface area (Å²) in [6.07, 6.45) is 0.398. The molecule has 0 spiro atoms. The minimum absolute atomic E-state index is 0.0111. The van der Waals surface area contributed by atoms with E-state index < -0.39 is 27.9 Å². The quantitative estimate of drug-likeness (QED) is 0.718. The summed E-state index contributed by atoms with van der Waals surface area (Å²) in [6, 6.07) is 3.11. The Labute approximate surface area is 153 Å². The van der Waals surface area contributed by atoms with Gasteiger partial charge in [-0.2, -0.15) is 0 Å². The summed E-state index contributed by atoms with van der Waals surface area (Å²) < 4.78 is 30.3. The average Bonchev–Trinajstić information content (AvgIpc) is 2.52. The molecule has 7 nitrogen and oxygen atoms in total. The van der Waals surface area contributed by atoms with Gasteiger partial charge in [0.15, 0.2) is 0 Å². The van der Waals surface area contributed by atoms with Gasteiger partial charge in [-0.1, -0.05) is 25.4 Å². The first-order chi connectivity index (χ1) is 11.5. The van der Waals surface area contributed by atoms with Crippen LogP contribution in [0.3, 0.4) is 0 Å². The van der Waals surface area contributed by atoms with E-state index in [2.05, 4.69) is 5.32 Å². The third-order valence-corrected chi connectivity index (χ3v) is 5.75. The molecule has 0 radical (unpaired) electrons. The second kappa shape index (κ2) is 8.64. The third kappa shape index (κ3) is 5.42. The lowest BCUT2D eigenvalue weighted by Gasteiger charge is -2.19. The summed E-state index contributed by atoms with van der Waals surface area (Å²) in [5.74, 6) is -0.987. The van der Waals surface area contributed by atoms with Gasteiger partial charge in [-0.3, -0.25) is 4.79 Å². The van der Waals surface area contributed by atoms with Gasteiger partial charge in [0, 0.05) is 19.7 Å². The number of methoxy groups -OCH3 is 1. The zero-order chi connectivity index (χ0) is 19.4. The van der Waals surface area contributed by atoms with Crippen molar-refractivity contribution in [2.24, 2.45) is 5.92 Å². The van der Waals surface area contributed by atoms with Crippen LogP contribution >= 0.6 is 11.6 Å². The number of hydrogen-bond acceptors (Lipinski definition) is 5. The minimum atomic E-state index is -3.80. The maximum Gasteiger partial charge on any atom is 0.328 e. The van der Waals surface area contributed by atoms with Crippen molar-refractivity contribution in [1.82, 2.24) is 9.62 Å². The van der Waals surface area contributed by atoms with Crippen LogP contribution in [0.5, 0.6) is 0 Å². The summed E-state index contributed by atoms with van der Waals surface area (Å²) in [7, 11) is 0.178. The molecule has 0 aliphatic carbocycles. The number of rotatable bonds is 7. The summed E-state index contributed by atoms with van der Waals surface area (Å²) in [5, 5.41) is 2.59. The molecule has 0 saturated carbocycles. The topological polar surface area (TPSA) is 92.8 Å². The first kappa shape index (κ1) is 21.4. The van der Waals surface area contributed by atoms with Crippen LogP contribution < -0.4 is 5.32 Å². The van der Waals surface area contributed by atoms with Gasteiger partial charge in [-0.15, -0.1) is 0 Å². The number of carbonyl (C=O) groups excluding carboxylic acids is 2. The van der Waals surface area contributed by atoms with Crippen molar-refractivity contribution in [3.05, 3.63) is 28.8 Å². The van der Waals surface area contributed by atoms with Crippen molar-refractivity contribution in [3.63, 3.8) is 0 Å². The van der Waals surface area contributed by atoms with Crippen molar-refractivity contribution in [2.75, 3.05) is 21.2 Å². The Kier molecular flexibility index (Phi) is 7.40. The van der Waals surface area contributed by atoms with Crippen LogP contribution in [0.4, 0.5) is 0 Å². The standard InChI is InChI=1S/C16H23ClN2O5S/c1-10(2)8-13(16(21)24-5)18-15(20)11-6-7-12(17)14(9-11)25(22,23)19(3)4/h6-7,9-10,13H,8H2,1-5H3,(H,18,20). The van der Waals surface area contributed by atoms with Crippen LogP contribution in [0, 0.1) is 5.92 Å². The second-order valence-electron chi connectivity index (χ2n) is 6.11. The Morgan fingerprint density at radius 2 is 1.88 bits per heavy atom. The molecule has 0 saturated heterocycles. The molecule has 1 rings (SSSR count). The van der Waals surface area contributed by atoms with E-state index >= 15 is 0 Å². The zero-order valence-electron chi connectivity index (χ0n) is 14.9. The molecular formula is C16H23ClN2O5S. The van der Waals surface area contributed by atoms with E-state index in [0.717, 1.165) is 4.31 Å². The molecule has 1 amide bonds. The number of halogens is 1. The molecule has 0 fully saturated rings. The van der Waals surface area contributed by atoms with Gasteiger partial charge in [-0.05, 0) is 30.5 Å². The number of nitrogens with zero attached hydrogens (tertiary/aromatic N) is 1. The number of hydrogen-bond donors (Lipinski definition) is 1. The largest absolute Gasteiger partial charge is 0.467 e. The molecule has 0 aliphatic heterocycles. The summed E-state index contributed by atoms with van der Waals surface area (Å²) in [5.41, 5.74) is 0.0856. The van der Waals surface area contributed by atoms with Crippen LogP contribution in [0.1, 0.15) is 30.6 Å². The van der Waals surface area contributed by atoms with Gasteiger partial charge in [0.25, 0.3) is 5.91 Å². The highest BCUT2D eigenvalue weighted by Crippen LogP contribution is 2.25. The number of ether oxygens (including phenoxy) is 1. The zero-order valence-corrected chi connectivity index (χ0v) is 16.4. The number of nitrogens with one attached hydrogen (secondary N) is 1. The lowest BCUT2D eigenvalue weighted by molar-refractivity contribution is -0.143. The SMILES string of the molecule is COC(=O)C(CC(C)C)NC(=O)c1ccc(Cl)c(S(=O)(=O)N(C)C)c1. The molecule has 1 aromatic carbocycles. The van der Waals surface area contributed by atoms with Gasteiger partial charge in [-0.25, -0.2) is 17.5 Å². The van der Waals surface area contributed by atoms with Crippen LogP contribution in [0.25, 0.3) is 0 Å². The molecule has 140 valence electrons. The number of amides is 1. The number of sulfonamides is 1. The van der Waals surface area contributed by atoms with Gasteiger partial charge in [0.1, 0.15) is 10.9 Å². The lowest BCUT2D eigenvalue weighted by Crippen LogP contribution is -2.42. The summed E-state index contributed by atoms with van der Waals surface area (Å²) >= 11 is 5.97. The van der Waals surface area contributed by atoms with E-state index in [9.17, 15) is 18.0 Å². The lowest BCUT2D eigenvalue weighted by atomic mass is 10.0. The van der Waals surface area contributed by atoms with Crippen LogP contribution in [0.15, 0.2) is 23.1 Å². The van der Waals surface area contributed by atoms with Gasteiger partial charge in [0.05, 0.1) is 12.1 Å². The van der Waals surface area contributed by atoms with E-state index in [1.807, 2.05) is 13.8 Å². The Morgan fingerprint density at radius 1 is 1.28 bits per heavy atom. The minimum Gasteiger partial charge on any atom is -0.467 e. The highest BCUT2D eigenvalue weighted by atomic mass is 35.5. The van der Waals surface area contributed by atoms with E-state index in [1.54, 1.807) is 0 Å². The molecular weight excluding hydrogens is 368 g/mol. The van der Waals surface area contributed by atoms with Crippen molar-refractivity contribution >= 4 is 33.5 Å². The Balaban J connectivity index is 3.16. The predicted molar refractivity (Wildman–Crippen MR) is 95.1 cm³/mol. The Morgan fingerprint density at radius 3 is 2.36 bits per heavy atom. The van der Waals surface area contributed by atoms with Gasteiger partial charge < -0.3 is 10.1 Å². The maximum atomic E-state index is 12.4. The first-order valence-electron chi connectivity index (χ1n) is 7.61. The van der Waals surface area contributed by atoms with Crippen molar-refractivity contribution in [3.8, 4) is 0 Å². The fourth-order valence-corrected chi connectivity index (χ4v) is 3.50. The van der Waals surface area contributed by atoms with Crippen molar-refractivity contribution < 1.29 is 22.7 Å². The number of carbonyl (C=O) groups is 2. The highest BCUT2D eigenvalue weighted by Gasteiger charge is 2.26. The average molecular weight is 391 g/mol. The normalized spacial score (nSPS) is 13.0. The van der Waals surface area contributed by atoms with Crippen molar-refractivity contribution in [1.29, 1.82) is 0 Å². The molecule has 0 bridgehead atoms.